The van der Waals surface area contributed by atoms with Crippen LogP contribution in [0.3, 0.4) is 0 Å². The zero-order chi connectivity index (χ0) is 17.4. The van der Waals surface area contributed by atoms with Crippen LogP contribution in [-0.2, 0) is 20.7 Å². The van der Waals surface area contributed by atoms with Gasteiger partial charge in [-0.3, -0.25) is 4.79 Å². The van der Waals surface area contributed by atoms with E-state index in [2.05, 4.69) is 5.32 Å². The average molecular weight is 327 g/mol. The third-order valence-electron chi connectivity index (χ3n) is 3.39. The molecule has 0 fully saturated rings. The van der Waals surface area contributed by atoms with Crippen LogP contribution in [0.5, 0.6) is 5.75 Å². The third kappa shape index (κ3) is 5.43. The summed E-state index contributed by atoms with van der Waals surface area (Å²) in [5.74, 6) is -0.0323. The molecule has 126 valence electrons. The minimum atomic E-state index is -0.425. The Hall–Kier alpha value is -2.82. The number of rotatable bonds is 7. The molecular weight excluding hydrogens is 306 g/mol. The van der Waals surface area contributed by atoms with Crippen molar-refractivity contribution in [3.05, 3.63) is 59.7 Å². The van der Waals surface area contributed by atoms with E-state index in [0.29, 0.717) is 24.5 Å². The zero-order valence-corrected chi connectivity index (χ0v) is 13.9. The molecule has 1 N–H and O–H groups in total. The molecule has 0 bridgehead atoms. The normalized spacial score (nSPS) is 10.1. The van der Waals surface area contributed by atoms with Gasteiger partial charge < -0.3 is 14.8 Å². The number of hydrogen-bond acceptors (Lipinski definition) is 4. The van der Waals surface area contributed by atoms with Gasteiger partial charge in [0.1, 0.15) is 5.75 Å². The minimum Gasteiger partial charge on any atom is -0.482 e. The van der Waals surface area contributed by atoms with Crippen molar-refractivity contribution in [2.75, 3.05) is 18.5 Å². The lowest BCUT2D eigenvalue weighted by molar-refractivity contribution is -0.145. The van der Waals surface area contributed by atoms with Crippen molar-refractivity contribution in [1.82, 2.24) is 0 Å². The predicted octanol–water partition coefficient (Wildman–Crippen LogP) is 3.12. The molecule has 0 radical (unpaired) electrons. The van der Waals surface area contributed by atoms with E-state index in [4.69, 9.17) is 9.47 Å². The monoisotopic (exact) mass is 327 g/mol. The van der Waals surface area contributed by atoms with Gasteiger partial charge in [-0.25, -0.2) is 4.79 Å². The van der Waals surface area contributed by atoms with Crippen LogP contribution >= 0.6 is 0 Å². The summed E-state index contributed by atoms with van der Waals surface area (Å²) in [5, 5.41) is 2.84. The van der Waals surface area contributed by atoms with Gasteiger partial charge in [0, 0.05) is 11.8 Å². The van der Waals surface area contributed by atoms with Gasteiger partial charge in [0.15, 0.2) is 6.61 Å². The predicted molar refractivity (Wildman–Crippen MR) is 92.1 cm³/mol. The first-order valence-electron chi connectivity index (χ1n) is 7.81. The lowest BCUT2D eigenvalue weighted by Crippen LogP contribution is -2.16. The second-order valence-corrected chi connectivity index (χ2v) is 5.27. The summed E-state index contributed by atoms with van der Waals surface area (Å²) in [7, 11) is 0. The Labute approximate surface area is 141 Å². The number of benzene rings is 2. The van der Waals surface area contributed by atoms with Crippen LogP contribution in [0.25, 0.3) is 0 Å². The van der Waals surface area contributed by atoms with Crippen LogP contribution in [0.4, 0.5) is 5.69 Å². The number of anilines is 1. The van der Waals surface area contributed by atoms with E-state index in [-0.39, 0.29) is 12.5 Å². The van der Waals surface area contributed by atoms with Crippen molar-refractivity contribution in [1.29, 1.82) is 0 Å². The molecule has 0 heterocycles. The van der Waals surface area contributed by atoms with Crippen molar-refractivity contribution >= 4 is 17.6 Å². The van der Waals surface area contributed by atoms with Gasteiger partial charge in [-0.05, 0) is 37.1 Å². The number of carbonyl (C=O) groups is 2. The lowest BCUT2D eigenvalue weighted by Gasteiger charge is -2.10. The lowest BCUT2D eigenvalue weighted by atomic mass is 10.1. The van der Waals surface area contributed by atoms with E-state index in [1.54, 1.807) is 31.2 Å². The van der Waals surface area contributed by atoms with Gasteiger partial charge in [0.2, 0.25) is 5.91 Å². The molecule has 0 saturated heterocycles. The molecule has 0 saturated carbocycles. The zero-order valence-electron chi connectivity index (χ0n) is 13.9. The Morgan fingerprint density at radius 2 is 1.88 bits per heavy atom. The fraction of sp³-hybridized carbons (Fsp3) is 0.263. The maximum absolute atomic E-state index is 12.2. The highest BCUT2D eigenvalue weighted by Gasteiger charge is 2.08. The molecule has 24 heavy (non-hydrogen) atoms. The Morgan fingerprint density at radius 3 is 2.62 bits per heavy atom. The smallest absolute Gasteiger partial charge is 0.344 e. The van der Waals surface area contributed by atoms with Gasteiger partial charge in [0.05, 0.1) is 13.0 Å². The van der Waals surface area contributed by atoms with Crippen LogP contribution in [0, 0.1) is 6.92 Å². The summed E-state index contributed by atoms with van der Waals surface area (Å²) in [6.07, 6.45) is 0.306. The highest BCUT2D eigenvalue weighted by atomic mass is 16.6. The van der Waals surface area contributed by atoms with Crippen molar-refractivity contribution in [3.63, 3.8) is 0 Å². The second kappa shape index (κ2) is 8.72. The van der Waals surface area contributed by atoms with Gasteiger partial charge in [-0.15, -0.1) is 0 Å². The summed E-state index contributed by atoms with van der Waals surface area (Å²) in [6.45, 7) is 3.88. The molecule has 0 aliphatic rings. The molecule has 0 spiro atoms. The Morgan fingerprint density at radius 1 is 1.08 bits per heavy atom. The Bertz CT molecular complexity index is 712. The first-order chi connectivity index (χ1) is 11.6. The molecule has 2 aromatic rings. The summed E-state index contributed by atoms with van der Waals surface area (Å²) in [5.41, 5.74) is 2.69. The fourth-order valence-electron chi connectivity index (χ4n) is 2.20. The summed E-state index contributed by atoms with van der Waals surface area (Å²) >= 11 is 0. The molecule has 0 unspecified atom stereocenters. The topological polar surface area (TPSA) is 64.6 Å². The van der Waals surface area contributed by atoms with E-state index in [0.717, 1.165) is 11.1 Å². The molecule has 0 aromatic heterocycles. The number of aryl methyl sites for hydroxylation is 1. The minimum absolute atomic E-state index is 0.105. The number of ether oxygens (including phenoxy) is 2. The van der Waals surface area contributed by atoms with Crippen molar-refractivity contribution in [3.8, 4) is 5.75 Å². The molecule has 2 aromatic carbocycles. The number of esters is 1. The van der Waals surface area contributed by atoms with E-state index in [1.807, 2.05) is 31.2 Å². The molecule has 0 aliphatic heterocycles. The Balaban J connectivity index is 1.92. The van der Waals surface area contributed by atoms with Crippen LogP contribution in [0.2, 0.25) is 0 Å². The van der Waals surface area contributed by atoms with Crippen LogP contribution < -0.4 is 10.1 Å². The summed E-state index contributed by atoms with van der Waals surface area (Å²) in [6, 6.07) is 14.7. The molecular formula is C19H21NO4. The quantitative estimate of drug-likeness (QED) is 0.794. The van der Waals surface area contributed by atoms with Crippen molar-refractivity contribution < 1.29 is 19.1 Å². The summed E-state index contributed by atoms with van der Waals surface area (Å²) < 4.78 is 10.2. The van der Waals surface area contributed by atoms with E-state index in [9.17, 15) is 9.59 Å². The Kier molecular flexibility index (Phi) is 6.37. The largest absolute Gasteiger partial charge is 0.482 e. The molecule has 2 rings (SSSR count). The molecule has 5 nitrogen and oxygen atoms in total. The third-order valence-corrected chi connectivity index (χ3v) is 3.39. The standard InChI is InChI=1S/C19H21NO4/c1-3-23-19(22)13-24-17-10-6-9-16(12-17)20-18(21)11-15-8-5-4-7-14(15)2/h4-10,12H,3,11,13H2,1-2H3,(H,20,21). The second-order valence-electron chi connectivity index (χ2n) is 5.27. The van der Waals surface area contributed by atoms with Crippen LogP contribution in [-0.4, -0.2) is 25.1 Å². The fourth-order valence-corrected chi connectivity index (χ4v) is 2.20. The van der Waals surface area contributed by atoms with Crippen molar-refractivity contribution in [2.24, 2.45) is 0 Å². The molecule has 1 amide bonds. The average Bonchev–Trinajstić information content (AvgIpc) is 2.56. The van der Waals surface area contributed by atoms with E-state index in [1.165, 1.54) is 0 Å². The molecule has 0 aliphatic carbocycles. The molecule has 5 heteroatoms. The number of amides is 1. The van der Waals surface area contributed by atoms with Gasteiger partial charge in [-0.2, -0.15) is 0 Å². The van der Waals surface area contributed by atoms with E-state index < -0.39 is 5.97 Å². The number of carbonyl (C=O) groups excluding carboxylic acids is 2. The number of nitrogens with one attached hydrogen (secondary N) is 1. The van der Waals surface area contributed by atoms with Crippen molar-refractivity contribution in [2.45, 2.75) is 20.3 Å². The SMILES string of the molecule is CCOC(=O)COc1cccc(NC(=O)Cc2ccccc2C)c1. The maximum Gasteiger partial charge on any atom is 0.344 e. The first kappa shape index (κ1) is 17.5. The maximum atomic E-state index is 12.2. The molecule has 0 atom stereocenters. The highest BCUT2D eigenvalue weighted by molar-refractivity contribution is 5.92. The van der Waals surface area contributed by atoms with Crippen LogP contribution in [0.15, 0.2) is 48.5 Å². The number of hydrogen-bond donors (Lipinski definition) is 1. The first-order valence-corrected chi connectivity index (χ1v) is 7.81. The van der Waals surface area contributed by atoms with Gasteiger partial charge in [0.25, 0.3) is 0 Å². The van der Waals surface area contributed by atoms with E-state index >= 15 is 0 Å². The summed E-state index contributed by atoms with van der Waals surface area (Å²) in [4.78, 5) is 23.5. The van der Waals surface area contributed by atoms with Gasteiger partial charge >= 0.3 is 5.97 Å². The van der Waals surface area contributed by atoms with Gasteiger partial charge in [-0.1, -0.05) is 30.3 Å². The highest BCUT2D eigenvalue weighted by Crippen LogP contribution is 2.18. The van der Waals surface area contributed by atoms with Crippen LogP contribution in [0.1, 0.15) is 18.1 Å².